The zero-order valence-electron chi connectivity index (χ0n) is 15.0. The summed E-state index contributed by atoms with van der Waals surface area (Å²) >= 11 is 3.15. The fourth-order valence-electron chi connectivity index (χ4n) is 2.17. The Morgan fingerprint density at radius 3 is 2.52 bits per heavy atom. The molecule has 0 aliphatic carbocycles. The lowest BCUT2D eigenvalue weighted by atomic mass is 10.1. The van der Waals surface area contributed by atoms with Crippen LogP contribution < -0.4 is 9.15 Å². The first-order chi connectivity index (χ1) is 12.4. The van der Waals surface area contributed by atoms with Gasteiger partial charge in [0.05, 0.1) is 11.3 Å². The van der Waals surface area contributed by atoms with E-state index in [1.807, 2.05) is 19.6 Å². The van der Waals surface area contributed by atoms with Crippen molar-refractivity contribution in [1.82, 2.24) is 0 Å². The molecule has 2 aromatic rings. The Hall–Kier alpha value is -1.59. The summed E-state index contributed by atoms with van der Waals surface area (Å²) in [6, 6.07) is 2.72. The number of furan rings is 1. The maximum absolute atomic E-state index is 14.1. The molecule has 0 fully saturated rings. The minimum atomic E-state index is -3.78. The van der Waals surface area contributed by atoms with E-state index >= 15 is 0 Å². The van der Waals surface area contributed by atoms with Crippen LogP contribution in [0.1, 0.15) is 6.42 Å². The van der Waals surface area contributed by atoms with Crippen LogP contribution in [0.4, 0.5) is 14.7 Å². The third-order valence-corrected chi connectivity index (χ3v) is 5.92. The molecule has 0 aliphatic rings. The third kappa shape index (κ3) is 5.69. The van der Waals surface area contributed by atoms with Crippen LogP contribution in [0.5, 0.6) is 11.5 Å². The van der Waals surface area contributed by atoms with Crippen molar-refractivity contribution in [3.05, 3.63) is 29.8 Å². The minimum Gasteiger partial charge on any atom is -0.538 e. The first-order valence-corrected chi connectivity index (χ1v) is 14.2. The van der Waals surface area contributed by atoms with E-state index in [0.717, 1.165) is 12.1 Å². The number of halogens is 3. The van der Waals surface area contributed by atoms with Crippen LogP contribution >= 0.6 is 15.9 Å². The third-order valence-electron chi connectivity index (χ3n) is 3.22. The molecule has 1 aromatic carbocycles. The van der Waals surface area contributed by atoms with Gasteiger partial charge >= 0.3 is 0 Å². The second-order valence-corrected chi connectivity index (χ2v) is 13.8. The molecule has 0 unspecified atom stereocenters. The van der Waals surface area contributed by atoms with Gasteiger partial charge in [0.25, 0.3) is 5.88 Å². The van der Waals surface area contributed by atoms with Gasteiger partial charge in [-0.3, -0.25) is 0 Å². The molecule has 2 N–H and O–H groups in total. The number of alkyl halides is 1. The molecule has 0 saturated carbocycles. The van der Waals surface area contributed by atoms with Gasteiger partial charge in [-0.25, -0.2) is 21.9 Å². The van der Waals surface area contributed by atoms with Gasteiger partial charge in [-0.2, -0.15) is 0 Å². The number of hydrogen-bond acceptors (Lipinski definition) is 5. The predicted molar refractivity (Wildman–Crippen MR) is 106 cm³/mol. The number of sulfonamides is 1. The molecule has 0 spiro atoms. The van der Waals surface area contributed by atoms with Crippen molar-refractivity contribution in [1.29, 1.82) is 0 Å². The molecule has 0 saturated heterocycles. The molecule has 0 amide bonds. The van der Waals surface area contributed by atoms with Gasteiger partial charge in [0.15, 0.2) is 5.76 Å². The molecule has 6 nitrogen and oxygen atoms in total. The molecule has 0 bridgehead atoms. The summed E-state index contributed by atoms with van der Waals surface area (Å²) in [6.07, 6.45) is 0.353. The van der Waals surface area contributed by atoms with E-state index in [2.05, 4.69) is 20.7 Å². The summed E-state index contributed by atoms with van der Waals surface area (Å²) in [6.45, 7) is 5.46. The zero-order valence-corrected chi connectivity index (χ0v) is 18.4. The van der Waals surface area contributed by atoms with Crippen molar-refractivity contribution >= 4 is 40.2 Å². The molecule has 27 heavy (non-hydrogen) atoms. The largest absolute Gasteiger partial charge is 0.538 e. The zero-order chi connectivity index (χ0) is 20.4. The lowest BCUT2D eigenvalue weighted by Gasteiger charge is -2.19. The Kier molecular flexibility index (Phi) is 6.58. The Balaban J connectivity index is 2.54. The van der Waals surface area contributed by atoms with E-state index in [4.69, 9.17) is 8.84 Å². The lowest BCUT2D eigenvalue weighted by Crippen LogP contribution is -2.29. The molecule has 0 aliphatic heterocycles. The van der Waals surface area contributed by atoms with Gasteiger partial charge in [-0.1, -0.05) is 15.9 Å². The summed E-state index contributed by atoms with van der Waals surface area (Å²) in [5, 5.41) is 11.0. The molecule has 0 atom stereocenters. The molecule has 150 valence electrons. The van der Waals surface area contributed by atoms with Crippen molar-refractivity contribution in [2.24, 2.45) is 0 Å². The lowest BCUT2D eigenvalue weighted by molar-refractivity contribution is 0.439. The Bertz CT molecular complexity index is 928. The number of aromatic hydroxyl groups is 1. The molecular weight excluding hydrogens is 464 g/mol. The van der Waals surface area contributed by atoms with Gasteiger partial charge in [0.1, 0.15) is 11.6 Å². The van der Waals surface area contributed by atoms with Gasteiger partial charge in [0.2, 0.25) is 29.8 Å². The number of hydrogen-bond donors (Lipinski definition) is 2. The smallest absolute Gasteiger partial charge is 0.252 e. The van der Waals surface area contributed by atoms with Crippen LogP contribution in [-0.4, -0.2) is 32.9 Å². The molecular formula is C16H20BrF2NO5SSi. The van der Waals surface area contributed by atoms with Crippen LogP contribution in [0.15, 0.2) is 22.6 Å². The number of benzene rings is 1. The average molecular weight is 484 g/mol. The monoisotopic (exact) mass is 483 g/mol. The standard InChI is InChI=1S/C16H20BrF2NO5SSi/c1-27(2,3)25-15-13(21)14(11-6-5-10(18)9-12(11)19)24-16(15)20-26(22,23)8-4-7-17/h5-6,9,20-21H,4,7-8H2,1-3H3. The summed E-state index contributed by atoms with van der Waals surface area (Å²) in [5.74, 6) is -3.41. The Morgan fingerprint density at radius 1 is 1.30 bits per heavy atom. The minimum absolute atomic E-state index is 0.188. The van der Waals surface area contributed by atoms with Crippen molar-refractivity contribution in [2.45, 2.75) is 26.1 Å². The molecule has 1 aromatic heterocycles. The second kappa shape index (κ2) is 8.19. The highest BCUT2D eigenvalue weighted by molar-refractivity contribution is 9.09. The maximum Gasteiger partial charge on any atom is 0.252 e. The summed E-state index contributed by atoms with van der Waals surface area (Å²) in [7, 11) is -6.07. The quantitative estimate of drug-likeness (QED) is 0.420. The number of rotatable bonds is 8. The van der Waals surface area contributed by atoms with E-state index < -0.39 is 35.7 Å². The first-order valence-electron chi connectivity index (χ1n) is 8.00. The van der Waals surface area contributed by atoms with E-state index in [-0.39, 0.29) is 28.7 Å². The van der Waals surface area contributed by atoms with E-state index in [1.165, 1.54) is 0 Å². The van der Waals surface area contributed by atoms with Crippen LogP contribution in [-0.2, 0) is 10.0 Å². The van der Waals surface area contributed by atoms with E-state index in [0.29, 0.717) is 17.8 Å². The van der Waals surface area contributed by atoms with Crippen molar-refractivity contribution in [3.8, 4) is 22.8 Å². The highest BCUT2D eigenvalue weighted by Gasteiger charge is 2.30. The van der Waals surface area contributed by atoms with E-state index in [9.17, 15) is 22.3 Å². The fraction of sp³-hybridized carbons (Fsp3) is 0.375. The normalized spacial score (nSPS) is 12.2. The summed E-state index contributed by atoms with van der Waals surface area (Å²) in [4.78, 5) is 0. The molecule has 2 rings (SSSR count). The average Bonchev–Trinajstić information content (AvgIpc) is 2.80. The Morgan fingerprint density at radius 2 is 1.96 bits per heavy atom. The van der Waals surface area contributed by atoms with Crippen LogP contribution in [0, 0.1) is 11.6 Å². The second-order valence-electron chi connectivity index (χ2n) is 6.74. The van der Waals surface area contributed by atoms with Crippen LogP contribution in [0.3, 0.4) is 0 Å². The van der Waals surface area contributed by atoms with Crippen molar-refractivity contribution in [2.75, 3.05) is 15.8 Å². The molecule has 11 heteroatoms. The molecule has 0 radical (unpaired) electrons. The maximum atomic E-state index is 14.1. The van der Waals surface area contributed by atoms with Crippen LogP contribution in [0.25, 0.3) is 11.3 Å². The number of nitrogens with one attached hydrogen (secondary N) is 1. The topological polar surface area (TPSA) is 88.8 Å². The number of anilines is 1. The first kappa shape index (κ1) is 21.7. The predicted octanol–water partition coefficient (Wildman–Crippen LogP) is 4.67. The summed E-state index contributed by atoms with van der Waals surface area (Å²) in [5.41, 5.74) is -0.222. The highest BCUT2D eigenvalue weighted by Crippen LogP contribution is 2.48. The van der Waals surface area contributed by atoms with Gasteiger partial charge in [-0.05, 0) is 38.2 Å². The van der Waals surface area contributed by atoms with Crippen molar-refractivity contribution < 1.29 is 31.1 Å². The van der Waals surface area contributed by atoms with Gasteiger partial charge in [0, 0.05) is 11.4 Å². The van der Waals surface area contributed by atoms with E-state index in [1.54, 1.807) is 0 Å². The van der Waals surface area contributed by atoms with Gasteiger partial charge < -0.3 is 13.9 Å². The SMILES string of the molecule is C[Si](C)(C)Oc1c(NS(=O)(=O)CCCBr)oc(-c2ccc(F)cc2F)c1O. The molecule has 1 heterocycles. The fourth-order valence-corrected chi connectivity index (χ4v) is 4.67. The van der Waals surface area contributed by atoms with Gasteiger partial charge in [-0.15, -0.1) is 0 Å². The Labute approximate surface area is 165 Å². The summed E-state index contributed by atoms with van der Waals surface area (Å²) < 4.78 is 65.1. The van der Waals surface area contributed by atoms with Crippen LogP contribution in [0.2, 0.25) is 19.6 Å². The van der Waals surface area contributed by atoms with Crippen molar-refractivity contribution in [3.63, 3.8) is 0 Å². The highest BCUT2D eigenvalue weighted by atomic mass is 79.9.